The third-order valence-corrected chi connectivity index (χ3v) is 2.90. The maximum Gasteiger partial charge on any atom is 0.203 e. The van der Waals surface area contributed by atoms with Gasteiger partial charge in [-0.15, -0.1) is 0 Å². The fourth-order valence-electron chi connectivity index (χ4n) is 1.96. The van der Waals surface area contributed by atoms with Crippen LogP contribution in [0.15, 0.2) is 12.1 Å². The van der Waals surface area contributed by atoms with Gasteiger partial charge in [-0.05, 0) is 44.4 Å². The third-order valence-electron chi connectivity index (χ3n) is 2.90. The van der Waals surface area contributed by atoms with Crippen LogP contribution in [0.5, 0.6) is 17.2 Å². The highest BCUT2D eigenvalue weighted by molar-refractivity contribution is 5.54. The predicted molar refractivity (Wildman–Crippen MR) is 79.7 cm³/mol. The Morgan fingerprint density at radius 3 is 1.70 bits per heavy atom. The topological polar surface area (TPSA) is 47.9 Å². The second-order valence-corrected chi connectivity index (χ2v) is 4.83. The maximum absolute atomic E-state index is 10.3. The van der Waals surface area contributed by atoms with E-state index in [2.05, 4.69) is 0 Å². The lowest BCUT2D eigenvalue weighted by Gasteiger charge is -2.20. The first kappa shape index (κ1) is 16.6. The first-order chi connectivity index (χ1) is 9.54. The number of hydrogen-bond acceptors (Lipinski definition) is 4. The van der Waals surface area contributed by atoms with Gasteiger partial charge in [-0.3, -0.25) is 0 Å². The van der Waals surface area contributed by atoms with Crippen molar-refractivity contribution in [2.45, 2.75) is 40.7 Å². The quantitative estimate of drug-likeness (QED) is 0.792. The fraction of sp³-hybridized carbons (Fsp3) is 0.625. The molecular weight excluding hydrogens is 256 g/mol. The van der Waals surface area contributed by atoms with Gasteiger partial charge in [-0.1, -0.05) is 13.8 Å². The molecule has 0 heterocycles. The van der Waals surface area contributed by atoms with Gasteiger partial charge in [-0.25, -0.2) is 0 Å². The van der Waals surface area contributed by atoms with E-state index < -0.39 is 6.10 Å². The predicted octanol–water partition coefficient (Wildman–Crippen LogP) is 3.57. The summed E-state index contributed by atoms with van der Waals surface area (Å²) in [6, 6.07) is 3.67. The van der Waals surface area contributed by atoms with Gasteiger partial charge in [0.1, 0.15) is 0 Å². The molecule has 114 valence electrons. The van der Waals surface area contributed by atoms with E-state index >= 15 is 0 Å². The van der Waals surface area contributed by atoms with Crippen molar-refractivity contribution in [3.8, 4) is 17.2 Å². The van der Waals surface area contributed by atoms with Gasteiger partial charge in [-0.2, -0.15) is 0 Å². The summed E-state index contributed by atoms with van der Waals surface area (Å²) in [4.78, 5) is 0. The lowest BCUT2D eigenvalue weighted by molar-refractivity contribution is 0.126. The van der Waals surface area contributed by atoms with Gasteiger partial charge >= 0.3 is 0 Å². The van der Waals surface area contributed by atoms with E-state index in [0.717, 1.165) is 5.56 Å². The highest BCUT2D eigenvalue weighted by Gasteiger charge is 2.20. The molecule has 1 atom stereocenters. The molecule has 1 aromatic carbocycles. The van der Waals surface area contributed by atoms with Crippen LogP contribution in [-0.2, 0) is 0 Å². The minimum absolute atomic E-state index is 0.122. The molecule has 1 unspecified atom stereocenters. The molecule has 0 bridgehead atoms. The summed E-state index contributed by atoms with van der Waals surface area (Å²) in [5.41, 5.74) is 0.787. The summed E-state index contributed by atoms with van der Waals surface area (Å²) >= 11 is 0. The zero-order valence-corrected chi connectivity index (χ0v) is 13.1. The Morgan fingerprint density at radius 1 is 0.900 bits per heavy atom. The molecule has 0 radical (unpaired) electrons. The first-order valence-corrected chi connectivity index (χ1v) is 7.29. The van der Waals surface area contributed by atoms with Crippen molar-refractivity contribution in [3.63, 3.8) is 0 Å². The Morgan fingerprint density at radius 2 is 1.35 bits per heavy atom. The lowest BCUT2D eigenvalue weighted by Crippen LogP contribution is -2.08. The third kappa shape index (κ3) is 4.04. The van der Waals surface area contributed by atoms with Crippen LogP contribution in [0.2, 0.25) is 0 Å². The fourth-order valence-corrected chi connectivity index (χ4v) is 1.96. The average Bonchev–Trinajstić information content (AvgIpc) is 2.41. The van der Waals surface area contributed by atoms with Gasteiger partial charge in [0.15, 0.2) is 11.5 Å². The van der Waals surface area contributed by atoms with E-state index in [-0.39, 0.29) is 5.92 Å². The van der Waals surface area contributed by atoms with Crippen molar-refractivity contribution in [1.82, 2.24) is 0 Å². The van der Waals surface area contributed by atoms with Crippen molar-refractivity contribution in [2.24, 2.45) is 5.92 Å². The van der Waals surface area contributed by atoms with E-state index in [1.165, 1.54) is 0 Å². The molecule has 0 aliphatic carbocycles. The molecule has 4 heteroatoms. The van der Waals surface area contributed by atoms with Crippen LogP contribution in [0.1, 0.15) is 46.3 Å². The SMILES string of the molecule is CCOc1cc(C(O)C(C)C)cc(OCC)c1OCC. The Hall–Kier alpha value is -1.42. The van der Waals surface area contributed by atoms with Crippen LogP contribution in [0.25, 0.3) is 0 Å². The molecule has 0 amide bonds. The molecule has 1 aromatic rings. The summed E-state index contributed by atoms with van der Waals surface area (Å²) in [6.07, 6.45) is -0.552. The molecule has 0 saturated carbocycles. The number of hydrogen-bond donors (Lipinski definition) is 1. The van der Waals surface area contributed by atoms with E-state index in [4.69, 9.17) is 14.2 Å². The van der Waals surface area contributed by atoms with Crippen molar-refractivity contribution in [1.29, 1.82) is 0 Å². The Labute approximate surface area is 121 Å². The number of aliphatic hydroxyl groups is 1. The van der Waals surface area contributed by atoms with Crippen LogP contribution in [0, 0.1) is 5.92 Å². The number of benzene rings is 1. The van der Waals surface area contributed by atoms with Crippen molar-refractivity contribution >= 4 is 0 Å². The molecule has 0 saturated heterocycles. The zero-order chi connectivity index (χ0) is 15.1. The molecule has 4 nitrogen and oxygen atoms in total. The smallest absolute Gasteiger partial charge is 0.203 e. The summed E-state index contributed by atoms with van der Waals surface area (Å²) in [5, 5.41) is 10.3. The largest absolute Gasteiger partial charge is 0.490 e. The van der Waals surface area contributed by atoms with Crippen LogP contribution in [0.4, 0.5) is 0 Å². The molecule has 0 aromatic heterocycles. The van der Waals surface area contributed by atoms with Gasteiger partial charge < -0.3 is 19.3 Å². The average molecular weight is 282 g/mol. The van der Waals surface area contributed by atoms with E-state index in [1.807, 2.05) is 46.8 Å². The second kappa shape index (κ2) is 8.00. The van der Waals surface area contributed by atoms with Crippen molar-refractivity contribution in [3.05, 3.63) is 17.7 Å². The zero-order valence-electron chi connectivity index (χ0n) is 13.1. The van der Waals surface area contributed by atoms with Crippen LogP contribution < -0.4 is 14.2 Å². The maximum atomic E-state index is 10.3. The van der Waals surface area contributed by atoms with E-state index in [1.54, 1.807) is 0 Å². The molecule has 20 heavy (non-hydrogen) atoms. The Bertz CT molecular complexity index is 388. The Kier molecular flexibility index (Phi) is 6.65. The van der Waals surface area contributed by atoms with E-state index in [0.29, 0.717) is 37.1 Å². The Balaban J connectivity index is 3.28. The molecule has 0 fully saturated rings. The molecular formula is C16H26O4. The number of rotatable bonds is 8. The monoisotopic (exact) mass is 282 g/mol. The molecule has 0 spiro atoms. The summed E-state index contributed by atoms with van der Waals surface area (Å²) in [5.74, 6) is 1.97. The molecule has 1 rings (SSSR count). The number of aliphatic hydroxyl groups excluding tert-OH is 1. The summed E-state index contributed by atoms with van der Waals surface area (Å²) in [7, 11) is 0. The normalized spacial score (nSPS) is 12.3. The van der Waals surface area contributed by atoms with Gasteiger partial charge in [0, 0.05) is 0 Å². The minimum Gasteiger partial charge on any atom is -0.490 e. The standard InChI is InChI=1S/C16H26O4/c1-6-18-13-9-12(15(17)11(4)5)10-14(19-7-2)16(13)20-8-3/h9-11,15,17H,6-8H2,1-5H3. The molecule has 1 N–H and O–H groups in total. The van der Waals surface area contributed by atoms with Crippen LogP contribution in [0.3, 0.4) is 0 Å². The van der Waals surface area contributed by atoms with Crippen molar-refractivity contribution in [2.75, 3.05) is 19.8 Å². The van der Waals surface area contributed by atoms with Crippen LogP contribution in [-0.4, -0.2) is 24.9 Å². The van der Waals surface area contributed by atoms with Gasteiger partial charge in [0.2, 0.25) is 5.75 Å². The molecule has 0 aliphatic rings. The van der Waals surface area contributed by atoms with Crippen molar-refractivity contribution < 1.29 is 19.3 Å². The minimum atomic E-state index is -0.552. The summed E-state index contributed by atoms with van der Waals surface area (Å²) < 4.78 is 16.9. The van der Waals surface area contributed by atoms with Gasteiger partial charge in [0.25, 0.3) is 0 Å². The lowest BCUT2D eigenvalue weighted by atomic mass is 9.98. The van der Waals surface area contributed by atoms with Crippen LogP contribution >= 0.6 is 0 Å². The highest BCUT2D eigenvalue weighted by Crippen LogP contribution is 2.41. The first-order valence-electron chi connectivity index (χ1n) is 7.29. The van der Waals surface area contributed by atoms with Gasteiger partial charge in [0.05, 0.1) is 25.9 Å². The second-order valence-electron chi connectivity index (χ2n) is 4.83. The van der Waals surface area contributed by atoms with E-state index in [9.17, 15) is 5.11 Å². The summed E-state index contributed by atoms with van der Waals surface area (Å²) in [6.45, 7) is 11.3. The molecule has 0 aliphatic heterocycles. The number of ether oxygens (including phenoxy) is 3. The highest BCUT2D eigenvalue weighted by atomic mass is 16.5.